The fraction of sp³-hybridized carbons (Fsp3) is 0.462. The summed E-state index contributed by atoms with van der Waals surface area (Å²) in [7, 11) is 0. The zero-order valence-corrected chi connectivity index (χ0v) is 10.7. The van der Waals surface area contributed by atoms with Crippen LogP contribution in [0.4, 0.5) is 5.82 Å². The van der Waals surface area contributed by atoms with E-state index in [0.29, 0.717) is 17.7 Å². The molecule has 18 heavy (non-hydrogen) atoms. The Morgan fingerprint density at radius 3 is 2.89 bits per heavy atom. The van der Waals surface area contributed by atoms with Gasteiger partial charge in [0.2, 0.25) is 0 Å². The number of nitrogens with two attached hydrogens (primary N) is 1. The number of aromatic nitrogens is 4. The molecule has 5 heteroatoms. The van der Waals surface area contributed by atoms with E-state index in [1.807, 2.05) is 6.33 Å². The minimum Gasteiger partial charge on any atom is -0.383 e. The molecule has 2 aromatic rings. The Hall–Kier alpha value is -1.91. The van der Waals surface area contributed by atoms with Gasteiger partial charge >= 0.3 is 0 Å². The number of rotatable bonds is 2. The lowest BCUT2D eigenvalue weighted by Gasteiger charge is -2.12. The van der Waals surface area contributed by atoms with Crippen LogP contribution in [0.15, 0.2) is 12.5 Å². The van der Waals surface area contributed by atoms with E-state index in [0.717, 1.165) is 36.2 Å². The van der Waals surface area contributed by atoms with E-state index in [4.69, 9.17) is 5.73 Å². The van der Waals surface area contributed by atoms with Crippen LogP contribution in [-0.4, -0.2) is 19.5 Å². The number of fused-ring (bicyclic) bond motifs is 1. The first-order chi connectivity index (χ1) is 8.66. The van der Waals surface area contributed by atoms with Crippen LogP contribution in [-0.2, 0) is 12.8 Å². The van der Waals surface area contributed by atoms with Crippen molar-refractivity contribution >= 4 is 5.82 Å². The van der Waals surface area contributed by atoms with Gasteiger partial charge < -0.3 is 10.3 Å². The van der Waals surface area contributed by atoms with E-state index in [9.17, 15) is 0 Å². The van der Waals surface area contributed by atoms with Crippen molar-refractivity contribution in [3.8, 4) is 11.5 Å². The van der Waals surface area contributed by atoms with Gasteiger partial charge in [0, 0.05) is 17.3 Å². The fourth-order valence-electron chi connectivity index (χ4n) is 2.47. The zero-order valence-electron chi connectivity index (χ0n) is 10.7. The molecule has 0 bridgehead atoms. The highest BCUT2D eigenvalue weighted by atomic mass is 15.1. The molecular formula is C13H17N5. The molecule has 0 atom stereocenters. The Bertz CT molecular complexity index is 585. The Morgan fingerprint density at radius 1 is 1.28 bits per heavy atom. The van der Waals surface area contributed by atoms with Crippen LogP contribution < -0.4 is 5.73 Å². The number of anilines is 1. The second-order valence-electron chi connectivity index (χ2n) is 4.99. The lowest BCUT2D eigenvalue weighted by Crippen LogP contribution is -2.07. The monoisotopic (exact) mass is 243 g/mol. The third-order valence-corrected chi connectivity index (χ3v) is 3.42. The summed E-state index contributed by atoms with van der Waals surface area (Å²) in [6.45, 7) is 4.23. The van der Waals surface area contributed by atoms with Crippen molar-refractivity contribution < 1.29 is 0 Å². The number of hydrogen-bond donors (Lipinski definition) is 1. The van der Waals surface area contributed by atoms with E-state index in [1.165, 1.54) is 0 Å². The van der Waals surface area contributed by atoms with Gasteiger partial charge in [-0.15, -0.1) is 0 Å². The average molecular weight is 243 g/mol. The van der Waals surface area contributed by atoms with Crippen molar-refractivity contribution in [2.45, 2.75) is 39.2 Å². The van der Waals surface area contributed by atoms with Crippen LogP contribution in [0.5, 0.6) is 0 Å². The van der Waals surface area contributed by atoms with Gasteiger partial charge in [-0.05, 0) is 33.1 Å². The summed E-state index contributed by atoms with van der Waals surface area (Å²) in [6, 6.07) is 0.334. The molecular weight excluding hydrogens is 226 g/mol. The maximum absolute atomic E-state index is 6.02. The summed E-state index contributed by atoms with van der Waals surface area (Å²) in [5, 5.41) is 0. The molecule has 5 nitrogen and oxygen atoms in total. The molecule has 0 aromatic carbocycles. The van der Waals surface area contributed by atoms with Gasteiger partial charge in [0.05, 0.1) is 12.5 Å². The van der Waals surface area contributed by atoms with E-state index in [2.05, 4.69) is 33.4 Å². The predicted octanol–water partition coefficient (Wildman–Crippen LogP) is 1.99. The fourth-order valence-corrected chi connectivity index (χ4v) is 2.47. The molecule has 1 aliphatic carbocycles. The molecule has 2 heterocycles. The molecule has 0 fully saturated rings. The first kappa shape index (κ1) is 11.2. The van der Waals surface area contributed by atoms with Gasteiger partial charge in [0.15, 0.2) is 5.82 Å². The van der Waals surface area contributed by atoms with Crippen molar-refractivity contribution in [1.82, 2.24) is 19.5 Å². The highest BCUT2D eigenvalue weighted by Gasteiger charge is 2.20. The van der Waals surface area contributed by atoms with Crippen LogP contribution in [0.1, 0.15) is 37.6 Å². The lowest BCUT2D eigenvalue weighted by molar-refractivity contribution is 0.603. The summed E-state index contributed by atoms with van der Waals surface area (Å²) >= 11 is 0. The minimum atomic E-state index is 0.334. The Kier molecular flexibility index (Phi) is 2.54. The molecule has 0 spiro atoms. The Morgan fingerprint density at radius 2 is 2.11 bits per heavy atom. The van der Waals surface area contributed by atoms with Crippen LogP contribution in [0.25, 0.3) is 11.5 Å². The molecule has 0 amide bonds. The normalized spacial score (nSPS) is 14.2. The summed E-state index contributed by atoms with van der Waals surface area (Å²) in [5.41, 5.74) is 9.20. The number of aryl methyl sites for hydroxylation is 1. The predicted molar refractivity (Wildman–Crippen MR) is 70.1 cm³/mol. The number of imidazole rings is 1. The third kappa shape index (κ3) is 1.66. The zero-order chi connectivity index (χ0) is 12.7. The summed E-state index contributed by atoms with van der Waals surface area (Å²) < 4.78 is 2.07. The third-order valence-electron chi connectivity index (χ3n) is 3.42. The second kappa shape index (κ2) is 4.08. The Balaban J connectivity index is 2.12. The molecule has 0 aliphatic heterocycles. The van der Waals surface area contributed by atoms with E-state index < -0.39 is 0 Å². The SMILES string of the molecule is CC(C)n1cncc1-c1nc(N)c2c(n1)CCC2. The van der Waals surface area contributed by atoms with Gasteiger partial charge in [-0.1, -0.05) is 0 Å². The van der Waals surface area contributed by atoms with E-state index >= 15 is 0 Å². The van der Waals surface area contributed by atoms with E-state index in [1.54, 1.807) is 6.20 Å². The summed E-state index contributed by atoms with van der Waals surface area (Å²) in [6.07, 6.45) is 6.75. The Labute approximate surface area is 106 Å². The minimum absolute atomic E-state index is 0.334. The van der Waals surface area contributed by atoms with Crippen molar-refractivity contribution in [1.29, 1.82) is 0 Å². The van der Waals surface area contributed by atoms with Crippen LogP contribution in [0.2, 0.25) is 0 Å². The molecule has 0 radical (unpaired) electrons. The molecule has 0 saturated carbocycles. The molecule has 1 aliphatic rings. The van der Waals surface area contributed by atoms with E-state index in [-0.39, 0.29) is 0 Å². The maximum atomic E-state index is 6.02. The van der Waals surface area contributed by atoms with Crippen molar-refractivity contribution in [3.63, 3.8) is 0 Å². The standard InChI is InChI=1S/C13H17N5/c1-8(2)18-7-15-6-11(18)13-16-10-5-3-4-9(10)12(14)17-13/h6-8H,3-5H2,1-2H3,(H2,14,16,17). The summed E-state index contributed by atoms with van der Waals surface area (Å²) in [5.74, 6) is 1.32. The summed E-state index contributed by atoms with van der Waals surface area (Å²) in [4.78, 5) is 13.3. The largest absolute Gasteiger partial charge is 0.383 e. The second-order valence-corrected chi connectivity index (χ2v) is 4.99. The quantitative estimate of drug-likeness (QED) is 0.875. The molecule has 2 aromatic heterocycles. The molecule has 0 saturated heterocycles. The molecule has 94 valence electrons. The number of hydrogen-bond acceptors (Lipinski definition) is 4. The van der Waals surface area contributed by atoms with Crippen LogP contribution in [0, 0.1) is 0 Å². The van der Waals surface area contributed by atoms with Gasteiger partial charge in [0.25, 0.3) is 0 Å². The highest BCUT2D eigenvalue weighted by Crippen LogP contribution is 2.28. The van der Waals surface area contributed by atoms with Crippen LogP contribution in [0.3, 0.4) is 0 Å². The number of nitrogen functional groups attached to an aromatic ring is 1. The van der Waals surface area contributed by atoms with Gasteiger partial charge in [-0.2, -0.15) is 0 Å². The van der Waals surface area contributed by atoms with Crippen molar-refractivity contribution in [2.24, 2.45) is 0 Å². The first-order valence-corrected chi connectivity index (χ1v) is 6.34. The van der Waals surface area contributed by atoms with Crippen molar-refractivity contribution in [2.75, 3.05) is 5.73 Å². The first-order valence-electron chi connectivity index (χ1n) is 6.34. The highest BCUT2D eigenvalue weighted by molar-refractivity contribution is 5.56. The van der Waals surface area contributed by atoms with Gasteiger partial charge in [-0.3, -0.25) is 0 Å². The average Bonchev–Trinajstić information content (AvgIpc) is 2.97. The smallest absolute Gasteiger partial charge is 0.180 e. The van der Waals surface area contributed by atoms with Gasteiger partial charge in [-0.25, -0.2) is 15.0 Å². The molecule has 0 unspecified atom stereocenters. The van der Waals surface area contributed by atoms with Crippen LogP contribution >= 0.6 is 0 Å². The molecule has 2 N–H and O–H groups in total. The molecule has 3 rings (SSSR count). The lowest BCUT2D eigenvalue weighted by atomic mass is 10.2. The topological polar surface area (TPSA) is 69.6 Å². The van der Waals surface area contributed by atoms with Gasteiger partial charge in [0.1, 0.15) is 11.5 Å². The number of nitrogens with zero attached hydrogens (tertiary/aromatic N) is 4. The van der Waals surface area contributed by atoms with Crippen molar-refractivity contribution in [3.05, 3.63) is 23.8 Å². The maximum Gasteiger partial charge on any atom is 0.180 e.